The summed E-state index contributed by atoms with van der Waals surface area (Å²) in [6, 6.07) is 5.37. The summed E-state index contributed by atoms with van der Waals surface area (Å²) in [7, 11) is 2.78. The van der Waals surface area contributed by atoms with Crippen molar-refractivity contribution in [3.63, 3.8) is 0 Å². The number of alkyl halides is 3. The van der Waals surface area contributed by atoms with Crippen LogP contribution in [0.2, 0.25) is 0 Å². The molecule has 0 aliphatic heterocycles. The van der Waals surface area contributed by atoms with E-state index in [2.05, 4.69) is 4.98 Å². The van der Waals surface area contributed by atoms with Gasteiger partial charge in [0.15, 0.2) is 11.5 Å². The van der Waals surface area contributed by atoms with Crippen LogP contribution in [0.15, 0.2) is 28.6 Å². The molecule has 1 atom stereocenters. The molecule has 2 aromatic heterocycles. The summed E-state index contributed by atoms with van der Waals surface area (Å²) < 4.78 is 40.8. The van der Waals surface area contributed by atoms with E-state index in [9.17, 15) is 32.8 Å². The topological polar surface area (TPSA) is 91.1 Å². The predicted molar refractivity (Wildman–Crippen MR) is 101 cm³/mol. The largest absolute Gasteiger partial charge is 0.434 e. The number of Topliss-reactive ketones (excluding diaryl/α,β-unsaturated/α-hetero) is 1. The van der Waals surface area contributed by atoms with Crippen molar-refractivity contribution in [1.29, 1.82) is 5.26 Å². The van der Waals surface area contributed by atoms with Gasteiger partial charge >= 0.3 is 6.18 Å². The van der Waals surface area contributed by atoms with E-state index in [0.717, 1.165) is 29.2 Å². The van der Waals surface area contributed by atoms with Crippen LogP contribution in [0.5, 0.6) is 0 Å². The van der Waals surface area contributed by atoms with E-state index in [1.165, 1.54) is 31.6 Å². The molecule has 2 aromatic rings. The Labute approximate surface area is 172 Å². The predicted octanol–water partition coefficient (Wildman–Crippen LogP) is 3.40. The first-order valence-electron chi connectivity index (χ1n) is 7.96. The van der Waals surface area contributed by atoms with Crippen LogP contribution in [-0.4, -0.2) is 46.7 Å². The van der Waals surface area contributed by atoms with E-state index in [-0.39, 0.29) is 10.4 Å². The standard InChI is InChI=1S/C18H14F3N3O3S2/c1-9(25)14(17(27)24(2)3)29-16-10(8-22)7-11(15(23-16)18(19,20)21)13(26)12-5-4-6-28-12/h4-7,14H,1-3H3. The zero-order valence-electron chi connectivity index (χ0n) is 15.4. The van der Waals surface area contributed by atoms with Gasteiger partial charge < -0.3 is 4.90 Å². The first-order chi connectivity index (χ1) is 13.5. The van der Waals surface area contributed by atoms with Crippen molar-refractivity contribution in [3.8, 4) is 6.07 Å². The average molecular weight is 441 g/mol. The van der Waals surface area contributed by atoms with E-state index in [1.807, 2.05) is 0 Å². The number of hydrogen-bond donors (Lipinski definition) is 0. The summed E-state index contributed by atoms with van der Waals surface area (Å²) in [6.45, 7) is 1.12. The van der Waals surface area contributed by atoms with Crippen LogP contribution >= 0.6 is 23.1 Å². The first-order valence-corrected chi connectivity index (χ1v) is 9.72. The maximum Gasteiger partial charge on any atom is 0.434 e. The van der Waals surface area contributed by atoms with Crippen molar-refractivity contribution >= 4 is 40.6 Å². The van der Waals surface area contributed by atoms with E-state index >= 15 is 0 Å². The molecule has 0 bridgehead atoms. The second-order valence-corrected chi connectivity index (χ2v) is 8.04. The number of hydrogen-bond acceptors (Lipinski definition) is 7. The quantitative estimate of drug-likeness (QED) is 0.388. The van der Waals surface area contributed by atoms with Crippen LogP contribution in [0.4, 0.5) is 13.2 Å². The lowest BCUT2D eigenvalue weighted by Crippen LogP contribution is -2.36. The number of rotatable bonds is 6. The summed E-state index contributed by atoms with van der Waals surface area (Å²) in [6.07, 6.45) is -4.98. The third-order valence-electron chi connectivity index (χ3n) is 3.63. The van der Waals surface area contributed by atoms with E-state index in [4.69, 9.17) is 0 Å². The van der Waals surface area contributed by atoms with Gasteiger partial charge in [0.1, 0.15) is 16.3 Å². The normalized spacial score (nSPS) is 12.2. The molecule has 1 amide bonds. The fourth-order valence-corrected chi connectivity index (χ4v) is 4.00. The minimum absolute atomic E-state index is 0.0611. The fraction of sp³-hybridized carbons (Fsp3) is 0.278. The average Bonchev–Trinajstić information content (AvgIpc) is 3.17. The number of ketones is 2. The van der Waals surface area contributed by atoms with Crippen molar-refractivity contribution in [2.24, 2.45) is 0 Å². The summed E-state index contributed by atoms with van der Waals surface area (Å²) in [4.78, 5) is 41.2. The monoisotopic (exact) mass is 441 g/mol. The smallest absolute Gasteiger partial charge is 0.347 e. The molecule has 0 saturated carbocycles. The van der Waals surface area contributed by atoms with Crippen LogP contribution in [0, 0.1) is 11.3 Å². The summed E-state index contributed by atoms with van der Waals surface area (Å²) in [5, 5.41) is 9.09. The van der Waals surface area contributed by atoms with Crippen molar-refractivity contribution in [2.45, 2.75) is 23.4 Å². The Morgan fingerprint density at radius 1 is 1.31 bits per heavy atom. The minimum atomic E-state index is -4.98. The van der Waals surface area contributed by atoms with Crippen molar-refractivity contribution < 1.29 is 27.6 Å². The molecule has 29 heavy (non-hydrogen) atoms. The van der Waals surface area contributed by atoms with E-state index in [1.54, 1.807) is 6.07 Å². The Morgan fingerprint density at radius 3 is 2.41 bits per heavy atom. The highest BCUT2D eigenvalue weighted by atomic mass is 32.2. The number of carbonyl (C=O) groups is 3. The highest BCUT2D eigenvalue weighted by molar-refractivity contribution is 8.01. The molecular weight excluding hydrogens is 427 g/mol. The number of halogens is 3. The Kier molecular flexibility index (Phi) is 6.81. The Morgan fingerprint density at radius 2 is 1.97 bits per heavy atom. The van der Waals surface area contributed by atoms with Crippen LogP contribution < -0.4 is 0 Å². The highest BCUT2D eigenvalue weighted by Crippen LogP contribution is 2.36. The second kappa shape index (κ2) is 8.75. The molecule has 0 saturated heterocycles. The van der Waals surface area contributed by atoms with Crippen molar-refractivity contribution in [2.75, 3.05) is 14.1 Å². The molecule has 0 aliphatic rings. The van der Waals surface area contributed by atoms with E-state index < -0.39 is 45.2 Å². The summed E-state index contributed by atoms with van der Waals surface area (Å²) in [5.74, 6) is -2.17. The van der Waals surface area contributed by atoms with Gasteiger partial charge in [-0.2, -0.15) is 18.4 Å². The molecule has 6 nitrogen and oxygen atoms in total. The molecule has 2 heterocycles. The number of amides is 1. The molecule has 152 valence electrons. The number of carbonyl (C=O) groups excluding carboxylic acids is 3. The fourth-order valence-electron chi connectivity index (χ4n) is 2.25. The van der Waals surface area contributed by atoms with Gasteiger partial charge in [0.05, 0.1) is 16.0 Å². The lowest BCUT2D eigenvalue weighted by molar-refractivity contribution is -0.141. The molecule has 0 spiro atoms. The third kappa shape index (κ3) is 5.02. The molecule has 0 aliphatic carbocycles. The Hall–Kier alpha value is -2.71. The molecule has 1 unspecified atom stereocenters. The molecular formula is C18H14F3N3O3S2. The van der Waals surface area contributed by atoms with Gasteiger partial charge in [-0.25, -0.2) is 4.98 Å². The Balaban J connectivity index is 2.63. The van der Waals surface area contributed by atoms with Gasteiger partial charge in [-0.3, -0.25) is 14.4 Å². The minimum Gasteiger partial charge on any atom is -0.347 e. The number of thiophene rings is 1. The molecule has 0 radical (unpaired) electrons. The number of aromatic nitrogens is 1. The van der Waals surface area contributed by atoms with Gasteiger partial charge in [0.2, 0.25) is 11.7 Å². The lowest BCUT2D eigenvalue weighted by Gasteiger charge is -2.19. The highest BCUT2D eigenvalue weighted by Gasteiger charge is 2.39. The van der Waals surface area contributed by atoms with Crippen LogP contribution in [0.3, 0.4) is 0 Å². The van der Waals surface area contributed by atoms with Gasteiger partial charge in [-0.05, 0) is 24.4 Å². The lowest BCUT2D eigenvalue weighted by atomic mass is 10.1. The molecule has 11 heteroatoms. The van der Waals surface area contributed by atoms with Gasteiger partial charge in [-0.15, -0.1) is 11.3 Å². The third-order valence-corrected chi connectivity index (χ3v) is 5.80. The zero-order valence-corrected chi connectivity index (χ0v) is 17.0. The van der Waals surface area contributed by atoms with Gasteiger partial charge in [0, 0.05) is 14.1 Å². The number of nitrogens with zero attached hydrogens (tertiary/aromatic N) is 3. The van der Waals surface area contributed by atoms with Crippen LogP contribution in [0.25, 0.3) is 0 Å². The first kappa shape index (κ1) is 22.6. The molecule has 0 fully saturated rings. The summed E-state index contributed by atoms with van der Waals surface area (Å²) >= 11 is 1.41. The number of pyridine rings is 1. The molecule has 0 aromatic carbocycles. The Bertz CT molecular complexity index is 996. The second-order valence-electron chi connectivity index (χ2n) is 5.99. The van der Waals surface area contributed by atoms with Crippen molar-refractivity contribution in [3.05, 3.63) is 45.3 Å². The van der Waals surface area contributed by atoms with Crippen LogP contribution in [0.1, 0.15) is 33.4 Å². The maximum absolute atomic E-state index is 13.6. The number of nitriles is 1. The molecule has 2 rings (SSSR count). The van der Waals surface area contributed by atoms with E-state index in [0.29, 0.717) is 11.8 Å². The maximum atomic E-state index is 13.6. The molecule has 0 N–H and O–H groups in total. The van der Waals surface area contributed by atoms with Crippen LogP contribution in [-0.2, 0) is 15.8 Å². The number of thioether (sulfide) groups is 1. The van der Waals surface area contributed by atoms with Gasteiger partial charge in [0.25, 0.3) is 0 Å². The van der Waals surface area contributed by atoms with Gasteiger partial charge in [-0.1, -0.05) is 17.8 Å². The zero-order chi connectivity index (χ0) is 21.9. The van der Waals surface area contributed by atoms with Crippen molar-refractivity contribution in [1.82, 2.24) is 9.88 Å². The SMILES string of the molecule is CC(=O)C(Sc1nc(C(F)(F)F)c(C(=O)c2cccs2)cc1C#N)C(=O)N(C)C. The summed E-state index contributed by atoms with van der Waals surface area (Å²) in [5.41, 5.74) is -2.57.